The summed E-state index contributed by atoms with van der Waals surface area (Å²) in [5.74, 6) is 0.339. The number of rotatable bonds is 4. The van der Waals surface area contributed by atoms with Gasteiger partial charge in [0.1, 0.15) is 0 Å². The molecule has 1 fully saturated rings. The molecule has 0 bridgehead atoms. The molecule has 7 heteroatoms. The van der Waals surface area contributed by atoms with E-state index in [0.29, 0.717) is 10.9 Å². The fourth-order valence-corrected chi connectivity index (χ4v) is 3.63. The molecule has 24 heavy (non-hydrogen) atoms. The SMILES string of the molecule is CS(=O)c1ccccc1-c1ccc(C=NN=C2NC(=O)CS2)cc1. The van der Waals surface area contributed by atoms with Crippen LogP contribution < -0.4 is 5.32 Å². The Kier molecular flexibility index (Phi) is 5.22. The van der Waals surface area contributed by atoms with Crippen LogP contribution in [-0.4, -0.2) is 33.5 Å². The lowest BCUT2D eigenvalue weighted by atomic mass is 10.0. The molecule has 5 nitrogen and oxygen atoms in total. The average Bonchev–Trinajstić information content (AvgIpc) is 3.01. The Morgan fingerprint density at radius 2 is 1.92 bits per heavy atom. The van der Waals surface area contributed by atoms with Gasteiger partial charge in [-0.25, -0.2) is 0 Å². The van der Waals surface area contributed by atoms with Crippen LogP contribution >= 0.6 is 11.8 Å². The number of nitrogens with zero attached hydrogens (tertiary/aromatic N) is 2. The second kappa shape index (κ2) is 7.55. The molecule has 1 amide bonds. The van der Waals surface area contributed by atoms with Crippen LogP contribution in [0, 0.1) is 0 Å². The Morgan fingerprint density at radius 3 is 2.58 bits per heavy atom. The minimum Gasteiger partial charge on any atom is -0.303 e. The van der Waals surface area contributed by atoms with E-state index >= 15 is 0 Å². The van der Waals surface area contributed by atoms with Gasteiger partial charge in [0, 0.05) is 11.2 Å². The van der Waals surface area contributed by atoms with Gasteiger partial charge in [0.15, 0.2) is 5.17 Å². The van der Waals surface area contributed by atoms with Gasteiger partial charge in [0.2, 0.25) is 5.91 Å². The predicted molar refractivity (Wildman–Crippen MR) is 99.8 cm³/mol. The lowest BCUT2D eigenvalue weighted by Gasteiger charge is -2.07. The van der Waals surface area contributed by atoms with E-state index in [1.807, 2.05) is 48.5 Å². The molecule has 1 aliphatic rings. The van der Waals surface area contributed by atoms with Crippen LogP contribution in [0.15, 0.2) is 63.6 Å². The van der Waals surface area contributed by atoms with E-state index in [-0.39, 0.29) is 5.91 Å². The molecule has 0 saturated carbocycles. The predicted octanol–water partition coefficient (Wildman–Crippen LogP) is 2.64. The van der Waals surface area contributed by atoms with Crippen molar-refractivity contribution < 1.29 is 9.00 Å². The minimum atomic E-state index is -1.04. The summed E-state index contributed by atoms with van der Waals surface area (Å²) in [4.78, 5) is 11.9. The molecule has 1 aliphatic heterocycles. The molecule has 1 atom stereocenters. The number of amides is 1. The smallest absolute Gasteiger partial charge is 0.236 e. The van der Waals surface area contributed by atoms with Gasteiger partial charge >= 0.3 is 0 Å². The van der Waals surface area contributed by atoms with Crippen molar-refractivity contribution >= 4 is 39.9 Å². The summed E-state index contributed by atoms with van der Waals surface area (Å²) in [5.41, 5.74) is 2.86. The van der Waals surface area contributed by atoms with Crippen molar-refractivity contribution in [2.45, 2.75) is 4.90 Å². The Bertz CT molecular complexity index is 845. The van der Waals surface area contributed by atoms with Crippen molar-refractivity contribution in [3.8, 4) is 11.1 Å². The molecule has 1 N–H and O–H groups in total. The Balaban J connectivity index is 1.77. The summed E-state index contributed by atoms with van der Waals surface area (Å²) in [5, 5.41) is 11.1. The van der Waals surface area contributed by atoms with Crippen molar-refractivity contribution in [2.75, 3.05) is 12.0 Å². The van der Waals surface area contributed by atoms with E-state index in [9.17, 15) is 9.00 Å². The maximum absolute atomic E-state index is 11.8. The molecule has 2 aromatic carbocycles. The maximum Gasteiger partial charge on any atom is 0.236 e. The summed E-state index contributed by atoms with van der Waals surface area (Å²) in [7, 11) is -1.04. The summed E-state index contributed by atoms with van der Waals surface area (Å²) in [6, 6.07) is 15.4. The highest BCUT2D eigenvalue weighted by Crippen LogP contribution is 2.25. The summed E-state index contributed by atoms with van der Waals surface area (Å²) in [6.45, 7) is 0. The molecule has 1 saturated heterocycles. The first-order valence-electron chi connectivity index (χ1n) is 7.20. The van der Waals surface area contributed by atoms with Crippen molar-refractivity contribution in [3.63, 3.8) is 0 Å². The second-order valence-electron chi connectivity index (χ2n) is 5.06. The van der Waals surface area contributed by atoms with Crippen molar-refractivity contribution in [1.82, 2.24) is 5.32 Å². The van der Waals surface area contributed by atoms with Gasteiger partial charge in [-0.05, 0) is 22.8 Å². The van der Waals surface area contributed by atoms with Crippen LogP contribution in [0.4, 0.5) is 0 Å². The van der Waals surface area contributed by atoms with Crippen LogP contribution in [0.1, 0.15) is 5.56 Å². The zero-order valence-electron chi connectivity index (χ0n) is 12.9. The maximum atomic E-state index is 11.8. The monoisotopic (exact) mass is 357 g/mol. The zero-order chi connectivity index (χ0) is 16.9. The first-order chi connectivity index (χ1) is 11.6. The van der Waals surface area contributed by atoms with Crippen LogP contribution in [0.5, 0.6) is 0 Å². The van der Waals surface area contributed by atoms with E-state index in [0.717, 1.165) is 21.6 Å². The number of thioether (sulfide) groups is 1. The standard InChI is InChI=1S/C17H15N3O2S2/c1-24(22)15-5-3-2-4-14(15)13-8-6-12(7-9-13)10-18-20-17-19-16(21)11-23-17/h2-10H,11H2,1H3,(H,19,20,21). The third-order valence-electron chi connectivity index (χ3n) is 3.36. The van der Waals surface area contributed by atoms with Crippen LogP contribution in [0.3, 0.4) is 0 Å². The molecule has 0 spiro atoms. The van der Waals surface area contributed by atoms with Crippen molar-refractivity contribution in [1.29, 1.82) is 0 Å². The third-order valence-corrected chi connectivity index (χ3v) is 5.20. The lowest BCUT2D eigenvalue weighted by Crippen LogP contribution is -2.19. The van der Waals surface area contributed by atoms with Crippen LogP contribution in [0.2, 0.25) is 0 Å². The topological polar surface area (TPSA) is 70.9 Å². The summed E-state index contributed by atoms with van der Waals surface area (Å²) in [6.07, 6.45) is 3.31. The quantitative estimate of drug-likeness (QED) is 0.675. The number of carbonyl (C=O) groups is 1. The number of benzene rings is 2. The Morgan fingerprint density at radius 1 is 1.17 bits per heavy atom. The Labute approximate surface area is 146 Å². The molecule has 0 aromatic heterocycles. The molecular formula is C17H15N3O2S2. The Hall–Kier alpha value is -2.25. The highest BCUT2D eigenvalue weighted by Gasteiger charge is 2.15. The number of amidine groups is 1. The molecule has 3 rings (SSSR count). The average molecular weight is 357 g/mol. The molecule has 0 aliphatic carbocycles. The van der Waals surface area contributed by atoms with E-state index in [1.54, 1.807) is 12.5 Å². The van der Waals surface area contributed by atoms with Gasteiger partial charge in [-0.15, -0.1) is 5.10 Å². The van der Waals surface area contributed by atoms with Crippen molar-refractivity contribution in [2.24, 2.45) is 10.2 Å². The highest BCUT2D eigenvalue weighted by atomic mass is 32.2. The van der Waals surface area contributed by atoms with Gasteiger partial charge in [0.25, 0.3) is 0 Å². The van der Waals surface area contributed by atoms with Gasteiger partial charge in [-0.2, -0.15) is 5.10 Å². The molecule has 1 heterocycles. The van der Waals surface area contributed by atoms with E-state index in [1.165, 1.54) is 11.8 Å². The number of hydrogen-bond acceptors (Lipinski definition) is 5. The summed E-state index contributed by atoms with van der Waals surface area (Å²) >= 11 is 1.34. The third kappa shape index (κ3) is 3.98. The van der Waals surface area contributed by atoms with Gasteiger partial charge in [-0.3, -0.25) is 9.00 Å². The van der Waals surface area contributed by atoms with Crippen LogP contribution in [0.25, 0.3) is 11.1 Å². The number of hydrogen-bond donors (Lipinski definition) is 1. The van der Waals surface area contributed by atoms with Gasteiger partial charge < -0.3 is 5.32 Å². The fourth-order valence-electron chi connectivity index (χ4n) is 2.23. The van der Waals surface area contributed by atoms with E-state index in [4.69, 9.17) is 0 Å². The molecular weight excluding hydrogens is 342 g/mol. The number of carbonyl (C=O) groups excluding carboxylic acids is 1. The first-order valence-corrected chi connectivity index (χ1v) is 9.74. The molecule has 2 aromatic rings. The fraction of sp³-hybridized carbons (Fsp3) is 0.118. The van der Waals surface area contributed by atoms with Crippen molar-refractivity contribution in [3.05, 3.63) is 54.1 Å². The second-order valence-corrected chi connectivity index (χ2v) is 7.37. The largest absolute Gasteiger partial charge is 0.303 e. The molecule has 0 radical (unpaired) electrons. The van der Waals surface area contributed by atoms with Gasteiger partial charge in [-0.1, -0.05) is 54.2 Å². The lowest BCUT2D eigenvalue weighted by molar-refractivity contribution is -0.116. The highest BCUT2D eigenvalue weighted by molar-refractivity contribution is 8.15. The van der Waals surface area contributed by atoms with E-state index < -0.39 is 10.8 Å². The molecule has 122 valence electrons. The first kappa shape index (κ1) is 16.6. The summed E-state index contributed by atoms with van der Waals surface area (Å²) < 4.78 is 11.8. The minimum absolute atomic E-state index is 0.0507. The normalized spacial score (nSPS) is 17.4. The van der Waals surface area contributed by atoms with Crippen LogP contribution in [-0.2, 0) is 15.6 Å². The zero-order valence-corrected chi connectivity index (χ0v) is 14.6. The van der Waals surface area contributed by atoms with E-state index in [2.05, 4.69) is 15.5 Å². The molecule has 1 unspecified atom stereocenters. The van der Waals surface area contributed by atoms with Gasteiger partial charge in [0.05, 0.1) is 22.8 Å². The number of nitrogens with one attached hydrogen (secondary N) is 1.